The molecule has 3 heterocycles. The van der Waals surface area contributed by atoms with Gasteiger partial charge in [-0.15, -0.1) is 0 Å². The zero-order valence-corrected chi connectivity index (χ0v) is 28.0. The van der Waals surface area contributed by atoms with E-state index in [2.05, 4.69) is 149 Å². The first-order chi connectivity index (χ1) is 25.8. The topological polar surface area (TPSA) is 48.5 Å². The van der Waals surface area contributed by atoms with Gasteiger partial charge in [0.25, 0.3) is 0 Å². The Morgan fingerprint density at radius 2 is 0.808 bits per heavy atom. The minimum Gasteiger partial charge on any atom is -0.307 e. The second-order valence-electron chi connectivity index (χ2n) is 13.3. The van der Waals surface area contributed by atoms with Gasteiger partial charge in [0.2, 0.25) is 5.95 Å². The van der Waals surface area contributed by atoms with Crippen LogP contribution < -0.4 is 0 Å². The Balaban J connectivity index is 1.28. The van der Waals surface area contributed by atoms with Crippen LogP contribution in [0.3, 0.4) is 0 Å². The standard InChI is InChI=1S/C47H29N5/c1-3-14-31(15-4-1)45-48-46(32-16-5-2-6-17-32)50-47(49-45)52-42-22-12-10-20-38(42)40-28-27-39-37-19-9-11-21-41(37)51(43(39)44(40)52)34-25-26-36-33(29-34)24-23-30-13-7-8-18-35(30)36/h1-29H. The number of hydrogen-bond acceptors (Lipinski definition) is 3. The van der Waals surface area contributed by atoms with Gasteiger partial charge in [-0.25, -0.2) is 4.98 Å². The van der Waals surface area contributed by atoms with Crippen LogP contribution in [0.1, 0.15) is 0 Å². The summed E-state index contributed by atoms with van der Waals surface area (Å²) >= 11 is 0. The summed E-state index contributed by atoms with van der Waals surface area (Å²) in [6, 6.07) is 62.1. The quantitative estimate of drug-likeness (QED) is 0.176. The molecule has 0 atom stereocenters. The fourth-order valence-electron chi connectivity index (χ4n) is 8.01. The van der Waals surface area contributed by atoms with Crippen molar-refractivity contribution >= 4 is 65.2 Å². The molecule has 0 fully saturated rings. The fourth-order valence-corrected chi connectivity index (χ4v) is 8.01. The van der Waals surface area contributed by atoms with Crippen LogP contribution in [0.4, 0.5) is 0 Å². The smallest absolute Gasteiger partial charge is 0.238 e. The van der Waals surface area contributed by atoms with Crippen molar-refractivity contribution in [3.63, 3.8) is 0 Å². The summed E-state index contributed by atoms with van der Waals surface area (Å²) in [5.41, 5.74) is 7.32. The van der Waals surface area contributed by atoms with E-state index in [4.69, 9.17) is 15.0 Å². The molecule has 0 aliphatic rings. The van der Waals surface area contributed by atoms with Gasteiger partial charge in [0.1, 0.15) is 0 Å². The number of aromatic nitrogens is 5. The third-order valence-electron chi connectivity index (χ3n) is 10.3. The Bertz CT molecular complexity index is 3120. The zero-order valence-electron chi connectivity index (χ0n) is 28.0. The van der Waals surface area contributed by atoms with Gasteiger partial charge in [0.05, 0.1) is 22.1 Å². The summed E-state index contributed by atoms with van der Waals surface area (Å²) < 4.78 is 4.67. The SMILES string of the molecule is c1ccc(-c2nc(-c3ccccc3)nc(-n3c4ccccc4c4ccc5c6ccccc6n(-c6ccc7c(ccc8ccccc87)c6)c5c43)n2)cc1. The van der Waals surface area contributed by atoms with E-state index in [1.165, 1.54) is 32.3 Å². The lowest BCUT2D eigenvalue weighted by Crippen LogP contribution is -2.07. The molecule has 0 saturated carbocycles. The number of hydrogen-bond donors (Lipinski definition) is 0. The predicted octanol–water partition coefficient (Wildman–Crippen LogP) is 11.7. The molecule has 0 unspecified atom stereocenters. The van der Waals surface area contributed by atoms with E-state index in [-0.39, 0.29) is 0 Å². The van der Waals surface area contributed by atoms with Gasteiger partial charge in [0, 0.05) is 38.4 Å². The summed E-state index contributed by atoms with van der Waals surface area (Å²) in [7, 11) is 0. The van der Waals surface area contributed by atoms with E-state index in [1.54, 1.807) is 0 Å². The third kappa shape index (κ3) is 4.26. The first-order valence-electron chi connectivity index (χ1n) is 17.5. The lowest BCUT2D eigenvalue weighted by Gasteiger charge is -2.14. The van der Waals surface area contributed by atoms with Gasteiger partial charge in [-0.05, 0) is 45.8 Å². The molecule has 242 valence electrons. The normalized spacial score (nSPS) is 11.8. The largest absolute Gasteiger partial charge is 0.307 e. The van der Waals surface area contributed by atoms with Gasteiger partial charge >= 0.3 is 0 Å². The molecule has 0 N–H and O–H groups in total. The highest BCUT2D eigenvalue weighted by molar-refractivity contribution is 6.24. The number of rotatable bonds is 4. The Labute approximate surface area is 298 Å². The first-order valence-corrected chi connectivity index (χ1v) is 17.5. The number of nitrogens with zero attached hydrogens (tertiary/aromatic N) is 5. The van der Waals surface area contributed by atoms with Crippen molar-refractivity contribution in [2.45, 2.75) is 0 Å². The maximum atomic E-state index is 5.24. The molecule has 11 aromatic rings. The number of benzene rings is 8. The van der Waals surface area contributed by atoms with Gasteiger partial charge in [-0.3, -0.25) is 4.57 Å². The van der Waals surface area contributed by atoms with Crippen molar-refractivity contribution in [1.82, 2.24) is 24.1 Å². The summed E-state index contributed by atoms with van der Waals surface area (Å²) in [6.07, 6.45) is 0. The number of fused-ring (bicyclic) bond motifs is 10. The first kappa shape index (κ1) is 28.7. The van der Waals surface area contributed by atoms with Crippen LogP contribution in [-0.4, -0.2) is 24.1 Å². The summed E-state index contributed by atoms with van der Waals surface area (Å²) in [5.74, 6) is 1.84. The van der Waals surface area contributed by atoms with Crippen molar-refractivity contribution in [3.05, 3.63) is 176 Å². The van der Waals surface area contributed by atoms with Crippen LogP contribution in [0.15, 0.2) is 176 Å². The van der Waals surface area contributed by atoms with Crippen molar-refractivity contribution in [2.24, 2.45) is 0 Å². The highest BCUT2D eigenvalue weighted by Gasteiger charge is 2.23. The van der Waals surface area contributed by atoms with E-state index in [1.807, 2.05) is 36.4 Å². The Hall–Kier alpha value is -7.11. The minimum absolute atomic E-state index is 0.577. The molecule has 11 rings (SSSR count). The summed E-state index contributed by atoms with van der Waals surface area (Å²) in [6.45, 7) is 0. The van der Waals surface area contributed by atoms with Crippen LogP contribution in [0, 0.1) is 0 Å². The summed E-state index contributed by atoms with van der Waals surface area (Å²) in [5, 5.41) is 9.60. The Kier molecular flexibility index (Phi) is 6.18. The van der Waals surface area contributed by atoms with E-state index in [9.17, 15) is 0 Å². The average Bonchev–Trinajstić information content (AvgIpc) is 3.74. The van der Waals surface area contributed by atoms with Crippen LogP contribution in [0.2, 0.25) is 0 Å². The van der Waals surface area contributed by atoms with Gasteiger partial charge in [-0.1, -0.05) is 152 Å². The van der Waals surface area contributed by atoms with E-state index < -0.39 is 0 Å². The van der Waals surface area contributed by atoms with Gasteiger partial charge in [0.15, 0.2) is 11.6 Å². The Morgan fingerprint density at radius 3 is 1.46 bits per heavy atom. The molecule has 0 aliphatic heterocycles. The Morgan fingerprint density at radius 1 is 0.327 bits per heavy atom. The monoisotopic (exact) mass is 663 g/mol. The summed E-state index contributed by atoms with van der Waals surface area (Å²) in [4.78, 5) is 15.5. The highest BCUT2D eigenvalue weighted by atomic mass is 15.2. The average molecular weight is 664 g/mol. The van der Waals surface area contributed by atoms with Crippen molar-refractivity contribution in [1.29, 1.82) is 0 Å². The lowest BCUT2D eigenvalue weighted by molar-refractivity contribution is 0.953. The highest BCUT2D eigenvalue weighted by Crippen LogP contribution is 2.42. The molecule has 8 aromatic carbocycles. The molecule has 0 spiro atoms. The van der Waals surface area contributed by atoms with Crippen LogP contribution in [0.25, 0.3) is 99.6 Å². The van der Waals surface area contributed by atoms with Crippen molar-refractivity contribution in [2.75, 3.05) is 0 Å². The van der Waals surface area contributed by atoms with Crippen LogP contribution >= 0.6 is 0 Å². The van der Waals surface area contributed by atoms with Gasteiger partial charge in [-0.2, -0.15) is 9.97 Å². The predicted molar refractivity (Wildman–Crippen MR) is 214 cm³/mol. The van der Waals surface area contributed by atoms with Crippen molar-refractivity contribution in [3.8, 4) is 34.4 Å². The maximum Gasteiger partial charge on any atom is 0.238 e. The third-order valence-corrected chi connectivity index (χ3v) is 10.3. The zero-order chi connectivity index (χ0) is 34.2. The van der Waals surface area contributed by atoms with E-state index in [0.29, 0.717) is 17.6 Å². The number of para-hydroxylation sites is 2. The molecule has 5 nitrogen and oxygen atoms in total. The molecule has 0 saturated heterocycles. The molecular formula is C47H29N5. The van der Waals surface area contributed by atoms with E-state index in [0.717, 1.165) is 49.7 Å². The second-order valence-corrected chi connectivity index (χ2v) is 13.3. The minimum atomic E-state index is 0.577. The van der Waals surface area contributed by atoms with Crippen molar-refractivity contribution < 1.29 is 0 Å². The molecule has 0 radical (unpaired) electrons. The maximum absolute atomic E-state index is 5.24. The van der Waals surface area contributed by atoms with Crippen LogP contribution in [-0.2, 0) is 0 Å². The molecule has 0 amide bonds. The molecule has 3 aromatic heterocycles. The molecular weight excluding hydrogens is 635 g/mol. The lowest BCUT2D eigenvalue weighted by atomic mass is 10.0. The van der Waals surface area contributed by atoms with E-state index >= 15 is 0 Å². The second kappa shape index (κ2) is 11.2. The fraction of sp³-hybridized carbons (Fsp3) is 0. The molecule has 0 bridgehead atoms. The van der Waals surface area contributed by atoms with Crippen LogP contribution in [0.5, 0.6) is 0 Å². The molecule has 5 heteroatoms. The van der Waals surface area contributed by atoms with Gasteiger partial charge < -0.3 is 4.57 Å². The molecule has 0 aliphatic carbocycles. The molecule has 52 heavy (non-hydrogen) atoms.